The molecule has 114 valence electrons. The van der Waals surface area contributed by atoms with E-state index in [1.165, 1.54) is 26.3 Å². The fourth-order valence-electron chi connectivity index (χ4n) is 2.72. The van der Waals surface area contributed by atoms with Crippen molar-refractivity contribution < 1.29 is 9.59 Å². The highest BCUT2D eigenvalue weighted by Crippen LogP contribution is 2.21. The van der Waals surface area contributed by atoms with Crippen LogP contribution < -0.4 is 16.0 Å². The third kappa shape index (κ3) is 4.56. The zero-order valence-corrected chi connectivity index (χ0v) is 12.4. The van der Waals surface area contributed by atoms with Gasteiger partial charge in [0.2, 0.25) is 5.91 Å². The summed E-state index contributed by atoms with van der Waals surface area (Å²) in [6.07, 6.45) is 5.80. The molecule has 1 fully saturated rings. The Morgan fingerprint density at radius 1 is 1.10 bits per heavy atom. The van der Waals surface area contributed by atoms with E-state index in [0.29, 0.717) is 6.04 Å². The normalized spacial score (nSPS) is 17.0. The van der Waals surface area contributed by atoms with E-state index in [9.17, 15) is 9.59 Å². The molecule has 5 nitrogen and oxygen atoms in total. The number of benzene rings is 1. The van der Waals surface area contributed by atoms with E-state index < -0.39 is 12.1 Å². The Balaban J connectivity index is 2.09. The van der Waals surface area contributed by atoms with Gasteiger partial charge in [0, 0.05) is 13.1 Å². The summed E-state index contributed by atoms with van der Waals surface area (Å²) in [5, 5.41) is 8.18. The van der Waals surface area contributed by atoms with Gasteiger partial charge in [0.25, 0.3) is 0 Å². The molecule has 1 atom stereocenters. The second-order valence-electron chi connectivity index (χ2n) is 5.41. The van der Waals surface area contributed by atoms with Crippen LogP contribution in [0.5, 0.6) is 0 Å². The Hall–Kier alpha value is -1.88. The third-order valence-electron chi connectivity index (χ3n) is 3.87. The van der Waals surface area contributed by atoms with Crippen LogP contribution in [0.3, 0.4) is 0 Å². The van der Waals surface area contributed by atoms with Crippen molar-refractivity contribution in [2.45, 2.75) is 44.2 Å². The lowest BCUT2D eigenvalue weighted by molar-refractivity contribution is -0.122. The Morgan fingerprint density at radius 3 is 2.38 bits per heavy atom. The monoisotopic (exact) mass is 289 g/mol. The Kier molecular flexibility index (Phi) is 5.75. The molecule has 2 rings (SSSR count). The summed E-state index contributed by atoms with van der Waals surface area (Å²) in [5.41, 5.74) is 0.879. The number of carbonyl (C=O) groups is 2. The molecule has 5 heteroatoms. The SMILES string of the molecule is CNC(=O)NC(=O)[C@@H](NC1CCCCC1)c1ccccc1. The van der Waals surface area contributed by atoms with Crippen LogP contribution in [-0.4, -0.2) is 25.0 Å². The quantitative estimate of drug-likeness (QED) is 0.795. The molecule has 1 aliphatic carbocycles. The van der Waals surface area contributed by atoms with Gasteiger partial charge in [-0.25, -0.2) is 4.79 Å². The number of rotatable bonds is 4. The van der Waals surface area contributed by atoms with Crippen LogP contribution >= 0.6 is 0 Å². The first-order valence-electron chi connectivity index (χ1n) is 7.54. The zero-order chi connectivity index (χ0) is 15.1. The minimum absolute atomic E-state index is 0.314. The van der Waals surface area contributed by atoms with Crippen LogP contribution in [0.15, 0.2) is 30.3 Å². The van der Waals surface area contributed by atoms with E-state index >= 15 is 0 Å². The van der Waals surface area contributed by atoms with Crippen LogP contribution in [0.2, 0.25) is 0 Å². The summed E-state index contributed by atoms with van der Waals surface area (Å²) >= 11 is 0. The molecule has 0 radical (unpaired) electrons. The van der Waals surface area contributed by atoms with Gasteiger partial charge in [-0.3, -0.25) is 15.4 Å². The maximum atomic E-state index is 12.4. The van der Waals surface area contributed by atoms with Crippen molar-refractivity contribution in [1.29, 1.82) is 0 Å². The molecule has 0 saturated heterocycles. The van der Waals surface area contributed by atoms with Gasteiger partial charge in [-0.2, -0.15) is 0 Å². The summed E-state index contributed by atoms with van der Waals surface area (Å²) in [7, 11) is 1.49. The van der Waals surface area contributed by atoms with Crippen molar-refractivity contribution in [2.24, 2.45) is 0 Å². The first kappa shape index (κ1) is 15.5. The second kappa shape index (κ2) is 7.78. The molecule has 0 unspecified atom stereocenters. The molecular formula is C16H23N3O2. The molecule has 21 heavy (non-hydrogen) atoms. The average molecular weight is 289 g/mol. The van der Waals surface area contributed by atoms with Gasteiger partial charge in [0.1, 0.15) is 6.04 Å². The largest absolute Gasteiger partial charge is 0.341 e. The van der Waals surface area contributed by atoms with E-state index in [1.54, 1.807) is 0 Å². The van der Waals surface area contributed by atoms with Crippen molar-refractivity contribution in [3.8, 4) is 0 Å². The lowest BCUT2D eigenvalue weighted by atomic mass is 9.94. The van der Waals surface area contributed by atoms with E-state index in [-0.39, 0.29) is 5.91 Å². The minimum atomic E-state index is -0.494. The van der Waals surface area contributed by atoms with Gasteiger partial charge in [-0.1, -0.05) is 49.6 Å². The van der Waals surface area contributed by atoms with E-state index in [2.05, 4.69) is 16.0 Å². The molecule has 1 aromatic carbocycles. The Morgan fingerprint density at radius 2 is 1.76 bits per heavy atom. The maximum Gasteiger partial charge on any atom is 0.321 e. The van der Waals surface area contributed by atoms with E-state index in [0.717, 1.165) is 18.4 Å². The van der Waals surface area contributed by atoms with Crippen LogP contribution in [0, 0.1) is 0 Å². The van der Waals surface area contributed by atoms with Gasteiger partial charge in [-0.15, -0.1) is 0 Å². The van der Waals surface area contributed by atoms with E-state index in [4.69, 9.17) is 0 Å². The van der Waals surface area contributed by atoms with Crippen molar-refractivity contribution in [3.63, 3.8) is 0 Å². The van der Waals surface area contributed by atoms with Crippen LogP contribution in [0.25, 0.3) is 0 Å². The van der Waals surface area contributed by atoms with Crippen LogP contribution in [-0.2, 0) is 4.79 Å². The van der Waals surface area contributed by atoms with Gasteiger partial charge < -0.3 is 5.32 Å². The predicted octanol–water partition coefficient (Wildman–Crippen LogP) is 2.11. The minimum Gasteiger partial charge on any atom is -0.341 e. The fourth-order valence-corrected chi connectivity index (χ4v) is 2.72. The summed E-state index contributed by atoms with van der Waals surface area (Å²) in [4.78, 5) is 23.7. The number of urea groups is 1. The standard InChI is InChI=1S/C16H23N3O2/c1-17-16(21)19-15(20)14(12-8-4-2-5-9-12)18-13-10-6-3-7-11-13/h2,4-5,8-9,13-14,18H,3,6-7,10-11H2,1H3,(H2,17,19,20,21)/t14-/m0/s1. The van der Waals surface area contributed by atoms with Crippen LogP contribution in [0.1, 0.15) is 43.7 Å². The first-order chi connectivity index (χ1) is 10.2. The number of carbonyl (C=O) groups excluding carboxylic acids is 2. The van der Waals surface area contributed by atoms with Crippen molar-refractivity contribution >= 4 is 11.9 Å². The zero-order valence-electron chi connectivity index (χ0n) is 12.4. The lowest BCUT2D eigenvalue weighted by Crippen LogP contribution is -2.46. The number of hydrogen-bond donors (Lipinski definition) is 3. The lowest BCUT2D eigenvalue weighted by Gasteiger charge is -2.28. The van der Waals surface area contributed by atoms with Gasteiger partial charge in [-0.05, 0) is 18.4 Å². The van der Waals surface area contributed by atoms with Crippen molar-refractivity contribution in [1.82, 2.24) is 16.0 Å². The van der Waals surface area contributed by atoms with Gasteiger partial charge in [0.05, 0.1) is 0 Å². The summed E-state index contributed by atoms with van der Waals surface area (Å²) < 4.78 is 0. The molecule has 3 N–H and O–H groups in total. The summed E-state index contributed by atoms with van der Waals surface area (Å²) in [5.74, 6) is -0.314. The van der Waals surface area contributed by atoms with Crippen LogP contribution in [0.4, 0.5) is 4.79 Å². The molecule has 1 aromatic rings. The molecule has 1 aliphatic rings. The molecule has 0 aliphatic heterocycles. The molecule has 0 spiro atoms. The highest BCUT2D eigenvalue weighted by atomic mass is 16.2. The molecule has 3 amide bonds. The number of nitrogens with one attached hydrogen (secondary N) is 3. The second-order valence-corrected chi connectivity index (χ2v) is 5.41. The Bertz CT molecular complexity index is 470. The molecule has 0 bridgehead atoms. The highest BCUT2D eigenvalue weighted by Gasteiger charge is 2.25. The molecule has 0 aromatic heterocycles. The molecular weight excluding hydrogens is 266 g/mol. The third-order valence-corrected chi connectivity index (χ3v) is 3.87. The number of amides is 3. The van der Waals surface area contributed by atoms with Gasteiger partial charge >= 0.3 is 6.03 Å². The fraction of sp³-hybridized carbons (Fsp3) is 0.500. The number of imide groups is 1. The average Bonchev–Trinajstić information content (AvgIpc) is 2.54. The maximum absolute atomic E-state index is 12.4. The van der Waals surface area contributed by atoms with E-state index in [1.807, 2.05) is 30.3 Å². The summed E-state index contributed by atoms with van der Waals surface area (Å²) in [6.45, 7) is 0. The molecule has 1 saturated carbocycles. The van der Waals surface area contributed by atoms with Crippen molar-refractivity contribution in [3.05, 3.63) is 35.9 Å². The summed E-state index contributed by atoms with van der Waals surface area (Å²) in [6, 6.07) is 8.89. The predicted molar refractivity (Wildman–Crippen MR) is 81.8 cm³/mol. The topological polar surface area (TPSA) is 70.2 Å². The highest BCUT2D eigenvalue weighted by molar-refractivity contribution is 5.97. The number of hydrogen-bond acceptors (Lipinski definition) is 3. The molecule has 0 heterocycles. The smallest absolute Gasteiger partial charge is 0.321 e. The van der Waals surface area contributed by atoms with Crippen molar-refractivity contribution in [2.75, 3.05) is 7.05 Å². The van der Waals surface area contributed by atoms with Gasteiger partial charge in [0.15, 0.2) is 0 Å². The first-order valence-corrected chi connectivity index (χ1v) is 7.54. The Labute approximate surface area is 125 Å².